The highest BCUT2D eigenvalue weighted by Crippen LogP contribution is 2.38. The number of halogens is 1. The number of aryl methyl sites for hydroxylation is 2. The topological polar surface area (TPSA) is 78.7 Å². The van der Waals surface area contributed by atoms with Crippen LogP contribution < -0.4 is 11.3 Å². The second-order valence-corrected chi connectivity index (χ2v) is 10.6. The maximum Gasteiger partial charge on any atom is 0.251 e. The molecule has 0 spiro atoms. The highest BCUT2D eigenvalue weighted by Gasteiger charge is 2.35. The zero-order chi connectivity index (χ0) is 26.4. The molecule has 1 unspecified atom stereocenters. The number of hydrogen-bond acceptors (Lipinski definition) is 5. The Kier molecular flexibility index (Phi) is 5.99. The molecule has 188 valence electrons. The van der Waals surface area contributed by atoms with E-state index in [9.17, 15) is 4.79 Å². The Morgan fingerprint density at radius 3 is 2.39 bits per heavy atom. The summed E-state index contributed by atoms with van der Waals surface area (Å²) in [6, 6.07) is 25.2. The lowest BCUT2D eigenvalue weighted by Gasteiger charge is -2.31. The lowest BCUT2D eigenvalue weighted by atomic mass is 9.80. The zero-order valence-electron chi connectivity index (χ0n) is 20.8. The maximum atomic E-state index is 13.0. The van der Waals surface area contributed by atoms with E-state index in [0.29, 0.717) is 5.02 Å². The Labute approximate surface area is 228 Å². The molecule has 1 atom stereocenters. The second kappa shape index (κ2) is 9.36. The van der Waals surface area contributed by atoms with Crippen LogP contribution in [0.15, 0.2) is 102 Å². The number of benzene rings is 3. The number of hydrogen-bond donors (Lipinski definition) is 1. The van der Waals surface area contributed by atoms with Gasteiger partial charge in [0.1, 0.15) is 10.5 Å². The highest BCUT2D eigenvalue weighted by atomic mass is 35.5. The molecule has 0 aliphatic carbocycles. The summed E-state index contributed by atoms with van der Waals surface area (Å²) in [4.78, 5) is 22.2. The molecule has 0 aliphatic heterocycles. The van der Waals surface area contributed by atoms with Gasteiger partial charge in [0, 0.05) is 47.1 Å². The van der Waals surface area contributed by atoms with Crippen molar-refractivity contribution >= 4 is 33.8 Å². The normalized spacial score (nSPS) is 13.1. The van der Waals surface area contributed by atoms with Crippen LogP contribution in [-0.4, -0.2) is 19.1 Å². The first-order chi connectivity index (χ1) is 18.4. The van der Waals surface area contributed by atoms with Crippen LogP contribution in [0.1, 0.15) is 16.8 Å². The van der Waals surface area contributed by atoms with E-state index < -0.39 is 5.54 Å². The van der Waals surface area contributed by atoms with Gasteiger partial charge in [0.2, 0.25) is 0 Å². The van der Waals surface area contributed by atoms with Gasteiger partial charge in [-0.3, -0.25) is 4.79 Å². The molecule has 8 heteroatoms. The van der Waals surface area contributed by atoms with Gasteiger partial charge in [-0.2, -0.15) is 0 Å². The minimum Gasteiger partial charge on any atom is -0.336 e. The second-order valence-electron chi connectivity index (χ2n) is 9.30. The number of fused-ring (bicyclic) bond motifs is 1. The van der Waals surface area contributed by atoms with Gasteiger partial charge >= 0.3 is 0 Å². The quantitative estimate of drug-likeness (QED) is 0.294. The summed E-state index contributed by atoms with van der Waals surface area (Å²) in [7, 11) is 3.71. The summed E-state index contributed by atoms with van der Waals surface area (Å²) in [6.07, 6.45) is 3.52. The van der Waals surface area contributed by atoms with Gasteiger partial charge in [-0.1, -0.05) is 60.1 Å². The highest BCUT2D eigenvalue weighted by molar-refractivity contribution is 7.13. The molecule has 2 N–H and O–H groups in total. The Morgan fingerprint density at radius 2 is 1.68 bits per heavy atom. The first-order valence-corrected chi connectivity index (χ1v) is 13.3. The number of imidazole rings is 1. The number of nitrogens with zero attached hydrogens (tertiary/aromatic N) is 4. The molecule has 0 aliphatic rings. The predicted molar refractivity (Wildman–Crippen MR) is 154 cm³/mol. The van der Waals surface area contributed by atoms with Crippen molar-refractivity contribution in [3.05, 3.63) is 129 Å². The van der Waals surface area contributed by atoms with Gasteiger partial charge in [0.15, 0.2) is 0 Å². The lowest BCUT2D eigenvalue weighted by molar-refractivity contribution is 0.596. The predicted octanol–water partition coefficient (Wildman–Crippen LogP) is 5.97. The summed E-state index contributed by atoms with van der Waals surface area (Å²) in [5.41, 5.74) is 12.2. The molecule has 6 aromatic rings. The van der Waals surface area contributed by atoms with Crippen LogP contribution in [0.25, 0.3) is 32.7 Å². The van der Waals surface area contributed by atoms with E-state index in [0.717, 1.165) is 49.6 Å². The fraction of sp³-hybridized carbons (Fsp3) is 0.100. The first kappa shape index (κ1) is 24.3. The van der Waals surface area contributed by atoms with Crippen LogP contribution in [-0.2, 0) is 19.6 Å². The van der Waals surface area contributed by atoms with Gasteiger partial charge in [0.05, 0.1) is 29.4 Å². The Morgan fingerprint density at radius 1 is 0.947 bits per heavy atom. The van der Waals surface area contributed by atoms with E-state index in [2.05, 4.69) is 11.1 Å². The molecule has 0 radical (unpaired) electrons. The van der Waals surface area contributed by atoms with Crippen molar-refractivity contribution in [2.24, 2.45) is 19.8 Å². The standard InChI is InChI=1S/C30H24ClN5OS/c1-35-18-33-16-27(35)30(32,20-8-11-22(31)12-9-20)21-10-13-26-23(14-21)24(15-28(37)36(26)2)29-34-25(17-38-29)19-6-4-3-5-7-19/h3-18H,32H2,1-2H3. The van der Waals surface area contributed by atoms with Gasteiger partial charge in [-0.15, -0.1) is 11.3 Å². The minimum atomic E-state index is -1.02. The zero-order valence-corrected chi connectivity index (χ0v) is 22.4. The average molecular weight is 538 g/mol. The van der Waals surface area contributed by atoms with Gasteiger partial charge in [-0.25, -0.2) is 9.97 Å². The molecule has 3 aromatic carbocycles. The largest absolute Gasteiger partial charge is 0.336 e. The summed E-state index contributed by atoms with van der Waals surface area (Å²) in [5.74, 6) is 0. The summed E-state index contributed by atoms with van der Waals surface area (Å²) in [6.45, 7) is 0. The van der Waals surface area contributed by atoms with Gasteiger partial charge in [0.25, 0.3) is 5.56 Å². The van der Waals surface area contributed by atoms with Crippen molar-refractivity contribution in [2.45, 2.75) is 5.54 Å². The van der Waals surface area contributed by atoms with E-state index in [1.54, 1.807) is 30.2 Å². The molecule has 38 heavy (non-hydrogen) atoms. The molecule has 3 heterocycles. The third-order valence-electron chi connectivity index (χ3n) is 7.03. The molecule has 6 nitrogen and oxygen atoms in total. The molecule has 3 aromatic heterocycles. The SMILES string of the molecule is Cn1cncc1C(N)(c1ccc(Cl)cc1)c1ccc2c(c1)c(-c1nc(-c3ccccc3)cs1)cc(=O)n2C. The number of rotatable bonds is 5. The van der Waals surface area contributed by atoms with E-state index >= 15 is 0 Å². The first-order valence-electron chi connectivity index (χ1n) is 12.0. The van der Waals surface area contributed by atoms with E-state index in [1.807, 2.05) is 83.7 Å². The summed E-state index contributed by atoms with van der Waals surface area (Å²) < 4.78 is 3.58. The third-order valence-corrected chi connectivity index (χ3v) is 8.15. The number of pyridine rings is 1. The van der Waals surface area contributed by atoms with E-state index in [1.165, 1.54) is 11.3 Å². The van der Waals surface area contributed by atoms with Crippen LogP contribution in [0.5, 0.6) is 0 Å². The van der Waals surface area contributed by atoms with Crippen LogP contribution in [0, 0.1) is 0 Å². The summed E-state index contributed by atoms with van der Waals surface area (Å²) in [5, 5.41) is 4.33. The van der Waals surface area contributed by atoms with E-state index in [4.69, 9.17) is 22.3 Å². The van der Waals surface area contributed by atoms with Crippen molar-refractivity contribution in [1.29, 1.82) is 0 Å². The molecule has 0 saturated carbocycles. The van der Waals surface area contributed by atoms with Crippen LogP contribution in [0.4, 0.5) is 0 Å². The van der Waals surface area contributed by atoms with Crippen LogP contribution in [0.3, 0.4) is 0 Å². The van der Waals surface area contributed by atoms with Crippen molar-refractivity contribution in [1.82, 2.24) is 19.1 Å². The van der Waals surface area contributed by atoms with Crippen molar-refractivity contribution in [3.8, 4) is 21.8 Å². The fourth-order valence-corrected chi connectivity index (χ4v) is 5.92. The lowest BCUT2D eigenvalue weighted by Crippen LogP contribution is -2.41. The van der Waals surface area contributed by atoms with Gasteiger partial charge < -0.3 is 14.9 Å². The fourth-order valence-electron chi connectivity index (χ4n) is 4.93. The van der Waals surface area contributed by atoms with Crippen molar-refractivity contribution < 1.29 is 0 Å². The number of aromatic nitrogens is 4. The molecule has 0 amide bonds. The molecular weight excluding hydrogens is 514 g/mol. The molecule has 0 bridgehead atoms. The smallest absolute Gasteiger partial charge is 0.251 e. The maximum absolute atomic E-state index is 13.0. The molecule has 0 fully saturated rings. The van der Waals surface area contributed by atoms with E-state index in [-0.39, 0.29) is 5.56 Å². The molecular formula is C30H24ClN5OS. The Bertz CT molecular complexity index is 1840. The Hall–Kier alpha value is -4.04. The van der Waals surface area contributed by atoms with Crippen LogP contribution >= 0.6 is 22.9 Å². The summed E-state index contributed by atoms with van der Waals surface area (Å²) >= 11 is 7.73. The van der Waals surface area contributed by atoms with Crippen molar-refractivity contribution in [3.63, 3.8) is 0 Å². The molecule has 0 saturated heterocycles. The Balaban J connectivity index is 1.60. The monoisotopic (exact) mass is 537 g/mol. The van der Waals surface area contributed by atoms with Gasteiger partial charge in [-0.05, 0) is 35.4 Å². The third kappa shape index (κ3) is 3.96. The van der Waals surface area contributed by atoms with Crippen molar-refractivity contribution in [2.75, 3.05) is 0 Å². The average Bonchev–Trinajstić information content (AvgIpc) is 3.61. The number of nitrogens with two attached hydrogens (primary N) is 1. The minimum absolute atomic E-state index is 0.0972. The number of thiazole rings is 1. The van der Waals surface area contributed by atoms with Crippen LogP contribution in [0.2, 0.25) is 5.02 Å². The molecule has 6 rings (SSSR count).